The maximum Gasteiger partial charge on any atom is 0.338 e. The molecule has 1 aromatic heterocycles. The molecule has 72 valence electrons. The van der Waals surface area contributed by atoms with Gasteiger partial charge >= 0.3 is 5.97 Å². The average molecular weight is 265 g/mol. The van der Waals surface area contributed by atoms with E-state index in [1.807, 2.05) is 11.4 Å². The van der Waals surface area contributed by atoms with Gasteiger partial charge in [-0.1, -0.05) is 0 Å². The molecule has 13 heavy (non-hydrogen) atoms. The highest BCUT2D eigenvalue weighted by Crippen LogP contribution is 2.31. The van der Waals surface area contributed by atoms with Gasteiger partial charge in [-0.25, -0.2) is 4.79 Å². The lowest BCUT2D eigenvalue weighted by molar-refractivity contribution is -0.150. The summed E-state index contributed by atoms with van der Waals surface area (Å²) in [7, 11) is 0. The zero-order valence-electron chi connectivity index (χ0n) is 6.99. The Morgan fingerprint density at radius 3 is 2.92 bits per heavy atom. The Balaban J connectivity index is 2.88. The summed E-state index contributed by atoms with van der Waals surface area (Å²) in [5, 5.41) is 10.7. The first-order chi connectivity index (χ1) is 6.16. The number of carbonyl (C=O) groups is 1. The Hall–Kier alpha value is -0.390. The van der Waals surface area contributed by atoms with Gasteiger partial charge in [0.05, 0.1) is 4.88 Å². The monoisotopic (exact) mass is 264 g/mol. The number of carboxylic acid groups (broad SMARTS) is 1. The summed E-state index contributed by atoms with van der Waals surface area (Å²) in [6.07, 6.45) is -0.848. The molecule has 0 aliphatic carbocycles. The van der Waals surface area contributed by atoms with Gasteiger partial charge < -0.3 is 9.84 Å². The summed E-state index contributed by atoms with van der Waals surface area (Å²) in [4.78, 5) is 11.5. The van der Waals surface area contributed by atoms with Crippen LogP contribution < -0.4 is 0 Å². The van der Waals surface area contributed by atoms with Crippen LogP contribution >= 0.6 is 27.3 Å². The Labute approximate surface area is 88.5 Å². The smallest absolute Gasteiger partial charge is 0.338 e. The number of carboxylic acids is 1. The lowest BCUT2D eigenvalue weighted by atomic mass is 10.3. The van der Waals surface area contributed by atoms with Gasteiger partial charge in [-0.3, -0.25) is 0 Å². The molecule has 1 rings (SSSR count). The molecule has 0 radical (unpaired) electrons. The molecule has 3 nitrogen and oxygen atoms in total. The summed E-state index contributed by atoms with van der Waals surface area (Å²) in [5.41, 5.74) is 0. The van der Waals surface area contributed by atoms with Gasteiger partial charge in [0.1, 0.15) is 0 Å². The van der Waals surface area contributed by atoms with Crippen LogP contribution in [0.3, 0.4) is 0 Å². The van der Waals surface area contributed by atoms with Gasteiger partial charge in [0.2, 0.25) is 0 Å². The molecule has 1 heterocycles. The van der Waals surface area contributed by atoms with Crippen molar-refractivity contribution in [3.63, 3.8) is 0 Å². The summed E-state index contributed by atoms with van der Waals surface area (Å²) in [5.74, 6) is -0.954. The van der Waals surface area contributed by atoms with Crippen LogP contribution in [0.1, 0.15) is 17.9 Å². The van der Waals surface area contributed by atoms with Crippen molar-refractivity contribution in [2.45, 2.75) is 13.0 Å². The zero-order valence-corrected chi connectivity index (χ0v) is 9.39. The predicted octanol–water partition coefficient (Wildman–Crippen LogP) is 2.67. The maximum atomic E-state index is 10.8. The molecule has 0 bridgehead atoms. The number of hydrogen-bond donors (Lipinski definition) is 1. The first kappa shape index (κ1) is 10.7. The van der Waals surface area contributed by atoms with Gasteiger partial charge in [0.15, 0.2) is 6.10 Å². The highest BCUT2D eigenvalue weighted by molar-refractivity contribution is 9.10. The van der Waals surface area contributed by atoms with E-state index in [1.54, 1.807) is 6.92 Å². The van der Waals surface area contributed by atoms with Gasteiger partial charge in [-0.05, 0) is 34.3 Å². The van der Waals surface area contributed by atoms with Crippen molar-refractivity contribution < 1.29 is 14.6 Å². The van der Waals surface area contributed by atoms with Crippen molar-refractivity contribution in [3.05, 3.63) is 20.8 Å². The largest absolute Gasteiger partial charge is 0.479 e. The van der Waals surface area contributed by atoms with Crippen LogP contribution in [-0.4, -0.2) is 17.7 Å². The van der Waals surface area contributed by atoms with Gasteiger partial charge in [0.25, 0.3) is 0 Å². The van der Waals surface area contributed by atoms with Crippen LogP contribution in [0, 0.1) is 0 Å². The molecule has 1 unspecified atom stereocenters. The van der Waals surface area contributed by atoms with Crippen LogP contribution in [0.4, 0.5) is 0 Å². The molecule has 0 aliphatic rings. The number of hydrogen-bond acceptors (Lipinski definition) is 3. The molecule has 1 atom stereocenters. The van der Waals surface area contributed by atoms with Gasteiger partial charge in [-0.15, -0.1) is 11.3 Å². The number of aliphatic carboxylic acids is 1. The van der Waals surface area contributed by atoms with Crippen LogP contribution in [0.2, 0.25) is 0 Å². The Kier molecular flexibility index (Phi) is 3.90. The fourth-order valence-electron chi connectivity index (χ4n) is 0.918. The minimum absolute atomic E-state index is 0.390. The van der Waals surface area contributed by atoms with E-state index in [0.717, 1.165) is 4.47 Å². The molecule has 0 saturated heterocycles. The predicted molar refractivity (Wildman–Crippen MR) is 54.0 cm³/mol. The van der Waals surface area contributed by atoms with E-state index in [-0.39, 0.29) is 0 Å². The third kappa shape index (κ3) is 2.52. The molecule has 0 spiro atoms. The SMILES string of the molecule is CCOC(C(=O)O)c1sccc1Br. The highest BCUT2D eigenvalue weighted by atomic mass is 79.9. The molecular weight excluding hydrogens is 256 g/mol. The standard InChI is InChI=1S/C8H9BrO3S/c1-2-12-6(8(10)11)7-5(9)3-4-13-7/h3-4,6H,2H2,1H3,(H,10,11). The molecule has 1 N–H and O–H groups in total. The second-order valence-corrected chi connectivity index (χ2v) is 4.11. The topological polar surface area (TPSA) is 46.5 Å². The minimum Gasteiger partial charge on any atom is -0.479 e. The first-order valence-corrected chi connectivity index (χ1v) is 5.41. The molecule has 5 heteroatoms. The van der Waals surface area contributed by atoms with Crippen molar-refractivity contribution in [2.24, 2.45) is 0 Å². The second-order valence-electron chi connectivity index (χ2n) is 2.31. The van der Waals surface area contributed by atoms with Gasteiger partial charge in [-0.2, -0.15) is 0 Å². The van der Waals surface area contributed by atoms with Crippen molar-refractivity contribution >= 4 is 33.2 Å². The van der Waals surface area contributed by atoms with E-state index in [0.29, 0.717) is 11.5 Å². The number of rotatable bonds is 4. The van der Waals surface area contributed by atoms with E-state index >= 15 is 0 Å². The Bertz CT molecular complexity index is 297. The van der Waals surface area contributed by atoms with Crippen molar-refractivity contribution in [2.75, 3.05) is 6.61 Å². The van der Waals surface area contributed by atoms with E-state index < -0.39 is 12.1 Å². The molecule has 0 amide bonds. The normalized spacial score (nSPS) is 12.8. The average Bonchev–Trinajstić information content (AvgIpc) is 2.47. The highest BCUT2D eigenvalue weighted by Gasteiger charge is 2.23. The van der Waals surface area contributed by atoms with E-state index in [2.05, 4.69) is 15.9 Å². The summed E-state index contributed by atoms with van der Waals surface area (Å²) in [6.45, 7) is 2.17. The molecule has 0 saturated carbocycles. The van der Waals surface area contributed by atoms with Crippen LogP contribution in [0.25, 0.3) is 0 Å². The quantitative estimate of drug-likeness (QED) is 0.910. The molecule has 1 aromatic rings. The summed E-state index contributed by atoms with van der Waals surface area (Å²) in [6, 6.07) is 1.81. The number of halogens is 1. The second kappa shape index (κ2) is 4.74. The van der Waals surface area contributed by atoms with Crippen molar-refractivity contribution in [1.29, 1.82) is 0 Å². The molecular formula is C8H9BrO3S. The Morgan fingerprint density at radius 1 is 1.85 bits per heavy atom. The lowest BCUT2D eigenvalue weighted by Gasteiger charge is -2.10. The van der Waals surface area contributed by atoms with E-state index in [1.165, 1.54) is 11.3 Å². The molecule has 0 aromatic carbocycles. The third-order valence-electron chi connectivity index (χ3n) is 1.44. The Morgan fingerprint density at radius 2 is 2.54 bits per heavy atom. The minimum atomic E-state index is -0.954. The summed E-state index contributed by atoms with van der Waals surface area (Å²) < 4.78 is 5.90. The van der Waals surface area contributed by atoms with Crippen molar-refractivity contribution in [1.82, 2.24) is 0 Å². The number of thiophene rings is 1. The van der Waals surface area contributed by atoms with E-state index in [9.17, 15) is 4.79 Å². The first-order valence-electron chi connectivity index (χ1n) is 3.74. The van der Waals surface area contributed by atoms with E-state index in [4.69, 9.17) is 9.84 Å². The number of ether oxygens (including phenoxy) is 1. The van der Waals surface area contributed by atoms with Gasteiger partial charge in [0, 0.05) is 11.1 Å². The fourth-order valence-corrected chi connectivity index (χ4v) is 2.54. The lowest BCUT2D eigenvalue weighted by Crippen LogP contribution is -2.14. The fraction of sp³-hybridized carbons (Fsp3) is 0.375. The van der Waals surface area contributed by atoms with Crippen LogP contribution in [0.15, 0.2) is 15.9 Å². The zero-order chi connectivity index (χ0) is 9.84. The van der Waals surface area contributed by atoms with Crippen molar-refractivity contribution in [3.8, 4) is 0 Å². The molecule has 0 fully saturated rings. The maximum absolute atomic E-state index is 10.8. The molecule has 0 aliphatic heterocycles. The van der Waals surface area contributed by atoms with Crippen LogP contribution in [-0.2, 0) is 9.53 Å². The van der Waals surface area contributed by atoms with Crippen LogP contribution in [0.5, 0.6) is 0 Å². The third-order valence-corrected chi connectivity index (χ3v) is 3.35. The summed E-state index contributed by atoms with van der Waals surface area (Å²) >= 11 is 4.65.